The average Bonchev–Trinajstić information content (AvgIpc) is 2.24. The Hall–Kier alpha value is -1.75. The standard InChI is InChI=1S/C10H8F5NO4S/c11-6-1-2-8(7(12)3-6)21(19,20)16(4-9(17)18)5-10(13,14)15/h1-3H,4-5H2,(H,17,18). The molecule has 5 nitrogen and oxygen atoms in total. The number of carboxylic acids is 1. The van der Waals surface area contributed by atoms with Crippen LogP contribution in [0.2, 0.25) is 0 Å². The van der Waals surface area contributed by atoms with E-state index in [4.69, 9.17) is 5.11 Å². The minimum Gasteiger partial charge on any atom is -0.480 e. The number of sulfonamides is 1. The average molecular weight is 333 g/mol. The van der Waals surface area contributed by atoms with Gasteiger partial charge in [-0.2, -0.15) is 17.5 Å². The Kier molecular flexibility index (Phi) is 4.89. The summed E-state index contributed by atoms with van der Waals surface area (Å²) in [6.45, 7) is -3.63. The second-order valence-electron chi connectivity index (χ2n) is 3.86. The van der Waals surface area contributed by atoms with Gasteiger partial charge in [-0.15, -0.1) is 0 Å². The molecule has 11 heteroatoms. The molecule has 0 aliphatic heterocycles. The molecule has 1 rings (SSSR count). The quantitative estimate of drug-likeness (QED) is 0.831. The molecule has 0 amide bonds. The summed E-state index contributed by atoms with van der Waals surface area (Å²) in [6.07, 6.45) is -5.03. The first-order chi connectivity index (χ1) is 9.43. The smallest absolute Gasteiger partial charge is 0.402 e. The van der Waals surface area contributed by atoms with Crippen LogP contribution in [0.5, 0.6) is 0 Å². The van der Waals surface area contributed by atoms with Gasteiger partial charge in [0.15, 0.2) is 0 Å². The molecule has 0 unspecified atom stereocenters. The fourth-order valence-electron chi connectivity index (χ4n) is 1.40. The summed E-state index contributed by atoms with van der Waals surface area (Å²) in [4.78, 5) is 9.24. The third-order valence-corrected chi connectivity index (χ3v) is 4.00. The zero-order chi connectivity index (χ0) is 16.4. The van der Waals surface area contributed by atoms with Gasteiger partial charge in [-0.05, 0) is 12.1 Å². The van der Waals surface area contributed by atoms with Crippen molar-refractivity contribution in [2.75, 3.05) is 13.1 Å². The fourth-order valence-corrected chi connectivity index (χ4v) is 2.82. The molecule has 1 N–H and O–H groups in total. The van der Waals surface area contributed by atoms with Crippen molar-refractivity contribution in [1.29, 1.82) is 0 Å². The Morgan fingerprint density at radius 3 is 2.24 bits per heavy atom. The molecule has 0 bridgehead atoms. The zero-order valence-corrected chi connectivity index (χ0v) is 10.9. The molecule has 0 radical (unpaired) electrons. The van der Waals surface area contributed by atoms with Gasteiger partial charge in [0, 0.05) is 6.07 Å². The van der Waals surface area contributed by atoms with Gasteiger partial charge in [0.1, 0.15) is 29.6 Å². The molecule has 1 aromatic carbocycles. The van der Waals surface area contributed by atoms with E-state index in [0.29, 0.717) is 12.1 Å². The molecule has 0 saturated heterocycles. The Balaban J connectivity index is 3.29. The highest BCUT2D eigenvalue weighted by molar-refractivity contribution is 7.89. The molecule has 1 aromatic rings. The molecule has 0 heterocycles. The number of aliphatic carboxylic acids is 1. The van der Waals surface area contributed by atoms with Gasteiger partial charge in [0.25, 0.3) is 0 Å². The van der Waals surface area contributed by atoms with Crippen LogP contribution >= 0.6 is 0 Å². The van der Waals surface area contributed by atoms with E-state index in [1.54, 1.807) is 0 Å². The van der Waals surface area contributed by atoms with Crippen molar-refractivity contribution in [2.45, 2.75) is 11.1 Å². The monoisotopic (exact) mass is 333 g/mol. The number of halogens is 5. The van der Waals surface area contributed by atoms with Gasteiger partial charge in [-0.1, -0.05) is 0 Å². The second-order valence-corrected chi connectivity index (χ2v) is 5.76. The number of benzene rings is 1. The number of carboxylic acid groups (broad SMARTS) is 1. The highest BCUT2D eigenvalue weighted by atomic mass is 32.2. The van der Waals surface area contributed by atoms with Crippen LogP contribution in [0.4, 0.5) is 22.0 Å². The maximum absolute atomic E-state index is 13.4. The van der Waals surface area contributed by atoms with E-state index in [1.165, 1.54) is 0 Å². The molecule has 118 valence electrons. The van der Waals surface area contributed by atoms with E-state index < -0.39 is 56.1 Å². The first-order valence-electron chi connectivity index (χ1n) is 5.17. The Morgan fingerprint density at radius 1 is 1.24 bits per heavy atom. The van der Waals surface area contributed by atoms with E-state index in [9.17, 15) is 35.2 Å². The highest BCUT2D eigenvalue weighted by Crippen LogP contribution is 2.24. The molecular formula is C10H8F5NO4S. The van der Waals surface area contributed by atoms with Crippen LogP contribution in [0.15, 0.2) is 23.1 Å². The minimum absolute atomic E-state index is 0.166. The number of nitrogens with zero attached hydrogens (tertiary/aromatic N) is 1. The van der Waals surface area contributed by atoms with Gasteiger partial charge in [-0.3, -0.25) is 4.79 Å². The predicted octanol–water partition coefficient (Wildman–Crippen LogP) is 1.60. The van der Waals surface area contributed by atoms with Gasteiger partial charge < -0.3 is 5.11 Å². The highest BCUT2D eigenvalue weighted by Gasteiger charge is 2.39. The van der Waals surface area contributed by atoms with Gasteiger partial charge >= 0.3 is 12.1 Å². The van der Waals surface area contributed by atoms with Crippen molar-refractivity contribution in [3.63, 3.8) is 0 Å². The van der Waals surface area contributed by atoms with Crippen LogP contribution in [0.25, 0.3) is 0 Å². The van der Waals surface area contributed by atoms with Gasteiger partial charge in [0.2, 0.25) is 10.0 Å². The SMILES string of the molecule is O=C(O)CN(CC(F)(F)F)S(=O)(=O)c1ccc(F)cc1F. The van der Waals surface area contributed by atoms with Crippen LogP contribution in [0.1, 0.15) is 0 Å². The third-order valence-electron chi connectivity index (χ3n) is 2.18. The fraction of sp³-hybridized carbons (Fsp3) is 0.300. The van der Waals surface area contributed by atoms with Gasteiger partial charge in [-0.25, -0.2) is 17.2 Å². The van der Waals surface area contributed by atoms with Crippen LogP contribution in [0, 0.1) is 11.6 Å². The summed E-state index contributed by atoms with van der Waals surface area (Å²) < 4.78 is 86.3. The van der Waals surface area contributed by atoms with Crippen LogP contribution in [0.3, 0.4) is 0 Å². The molecule has 0 spiro atoms. The number of hydrogen-bond donors (Lipinski definition) is 1. The molecule has 21 heavy (non-hydrogen) atoms. The number of hydrogen-bond acceptors (Lipinski definition) is 3. The summed E-state index contributed by atoms with van der Waals surface area (Å²) >= 11 is 0. The maximum Gasteiger partial charge on any atom is 0.402 e. The second kappa shape index (κ2) is 5.93. The first kappa shape index (κ1) is 17.3. The number of rotatable bonds is 5. The van der Waals surface area contributed by atoms with Gasteiger partial charge in [0.05, 0.1) is 0 Å². The molecule has 0 saturated carbocycles. The summed E-state index contributed by atoms with van der Waals surface area (Å²) in [7, 11) is -5.09. The zero-order valence-electron chi connectivity index (χ0n) is 10.1. The normalized spacial score (nSPS) is 12.7. The molecule has 0 aliphatic rings. The molecule has 0 fully saturated rings. The number of carbonyl (C=O) groups is 1. The van der Waals surface area contributed by atoms with E-state index in [1.807, 2.05) is 0 Å². The van der Waals surface area contributed by atoms with E-state index in [2.05, 4.69) is 0 Å². The Morgan fingerprint density at radius 2 is 1.81 bits per heavy atom. The van der Waals surface area contributed by atoms with Crippen molar-refractivity contribution in [3.05, 3.63) is 29.8 Å². The predicted molar refractivity (Wildman–Crippen MR) is 58.8 cm³/mol. The van der Waals surface area contributed by atoms with Crippen molar-refractivity contribution in [2.24, 2.45) is 0 Å². The summed E-state index contributed by atoms with van der Waals surface area (Å²) in [5.41, 5.74) is 0. The lowest BCUT2D eigenvalue weighted by atomic mass is 10.3. The van der Waals surface area contributed by atoms with E-state index in [-0.39, 0.29) is 6.07 Å². The molecule has 0 atom stereocenters. The van der Waals surface area contributed by atoms with Crippen LogP contribution in [-0.4, -0.2) is 43.1 Å². The largest absolute Gasteiger partial charge is 0.480 e. The van der Waals surface area contributed by atoms with Crippen molar-refractivity contribution in [3.8, 4) is 0 Å². The van der Waals surface area contributed by atoms with Crippen molar-refractivity contribution >= 4 is 16.0 Å². The third kappa shape index (κ3) is 4.63. The Labute approximate surface area is 115 Å². The maximum atomic E-state index is 13.4. The topological polar surface area (TPSA) is 74.7 Å². The Bertz CT molecular complexity index is 643. The lowest BCUT2D eigenvalue weighted by Gasteiger charge is -2.21. The summed E-state index contributed by atoms with van der Waals surface area (Å²) in [6, 6.07) is 1.12. The van der Waals surface area contributed by atoms with E-state index >= 15 is 0 Å². The molecule has 0 aliphatic carbocycles. The molecule has 0 aromatic heterocycles. The summed E-state index contributed by atoms with van der Waals surface area (Å²) in [5, 5.41) is 8.48. The molecular weight excluding hydrogens is 325 g/mol. The first-order valence-corrected chi connectivity index (χ1v) is 6.61. The van der Waals surface area contributed by atoms with Crippen molar-refractivity contribution < 1.29 is 40.3 Å². The lowest BCUT2D eigenvalue weighted by molar-refractivity contribution is -0.146. The summed E-state index contributed by atoms with van der Waals surface area (Å²) in [5.74, 6) is -4.61. The minimum atomic E-state index is -5.09. The number of alkyl halides is 3. The lowest BCUT2D eigenvalue weighted by Crippen LogP contribution is -2.42. The van der Waals surface area contributed by atoms with E-state index in [0.717, 1.165) is 0 Å². The van der Waals surface area contributed by atoms with Crippen LogP contribution < -0.4 is 0 Å². The van der Waals surface area contributed by atoms with Crippen LogP contribution in [-0.2, 0) is 14.8 Å². The van der Waals surface area contributed by atoms with Crippen molar-refractivity contribution in [1.82, 2.24) is 4.31 Å².